The van der Waals surface area contributed by atoms with E-state index < -0.39 is 24.2 Å². The first-order chi connectivity index (χ1) is 12.1. The number of rotatable bonds is 5. The van der Waals surface area contributed by atoms with Gasteiger partial charge in [-0.2, -0.15) is 0 Å². The van der Waals surface area contributed by atoms with Crippen LogP contribution in [0.25, 0.3) is 0 Å². The van der Waals surface area contributed by atoms with Crippen LogP contribution in [0.4, 0.5) is 4.79 Å². The fourth-order valence-electron chi connectivity index (χ4n) is 4.18. The maximum Gasteiger partial charge on any atom is 0.407 e. The number of carbonyl (C=O) groups excluding carboxylic acids is 2. The lowest BCUT2D eigenvalue weighted by molar-refractivity contribution is -0.160. The van der Waals surface area contributed by atoms with E-state index in [1.54, 1.807) is 6.92 Å². The van der Waals surface area contributed by atoms with Gasteiger partial charge >= 0.3 is 12.1 Å². The molecule has 1 aromatic rings. The molecule has 2 N–H and O–H groups in total. The van der Waals surface area contributed by atoms with Crippen molar-refractivity contribution in [1.29, 1.82) is 0 Å². The molecule has 1 unspecified atom stereocenters. The molecule has 6 nitrogen and oxygen atoms in total. The number of ether oxygens (including phenoxy) is 2. The molecule has 6 heteroatoms. The van der Waals surface area contributed by atoms with Gasteiger partial charge in [-0.05, 0) is 37.7 Å². The van der Waals surface area contributed by atoms with Gasteiger partial charge in [0.25, 0.3) is 0 Å². The Balaban J connectivity index is 1.65. The van der Waals surface area contributed by atoms with E-state index in [0.717, 1.165) is 18.4 Å². The van der Waals surface area contributed by atoms with E-state index in [2.05, 4.69) is 5.32 Å². The minimum atomic E-state index is -0.567. The summed E-state index contributed by atoms with van der Waals surface area (Å²) in [7, 11) is 0. The summed E-state index contributed by atoms with van der Waals surface area (Å²) < 4.78 is 10.5. The molecule has 0 saturated heterocycles. The number of hydrogen-bond donors (Lipinski definition) is 2. The molecule has 3 fully saturated rings. The molecule has 0 radical (unpaired) electrons. The molecular weight excluding hydrogens is 322 g/mol. The van der Waals surface area contributed by atoms with E-state index in [1.165, 1.54) is 0 Å². The Hall–Kier alpha value is -2.08. The fourth-order valence-corrected chi connectivity index (χ4v) is 4.18. The molecule has 5 atom stereocenters. The van der Waals surface area contributed by atoms with Gasteiger partial charge in [0.1, 0.15) is 6.61 Å². The molecule has 0 aliphatic heterocycles. The molecule has 3 aliphatic rings. The van der Waals surface area contributed by atoms with Crippen LogP contribution in [0.15, 0.2) is 30.3 Å². The minimum Gasteiger partial charge on any atom is -0.466 e. The van der Waals surface area contributed by atoms with Crippen molar-refractivity contribution in [2.75, 3.05) is 6.61 Å². The number of benzene rings is 1. The van der Waals surface area contributed by atoms with E-state index in [9.17, 15) is 14.7 Å². The maximum atomic E-state index is 12.4. The summed E-state index contributed by atoms with van der Waals surface area (Å²) in [6, 6.07) is 8.97. The highest BCUT2D eigenvalue weighted by atomic mass is 16.5. The number of hydrogen-bond acceptors (Lipinski definition) is 5. The summed E-state index contributed by atoms with van der Waals surface area (Å²) in [6.07, 6.45) is 1.20. The third-order valence-corrected chi connectivity index (χ3v) is 5.32. The molecule has 2 bridgehead atoms. The number of fused-ring (bicyclic) bond motifs is 3. The zero-order valence-corrected chi connectivity index (χ0v) is 14.4. The van der Waals surface area contributed by atoms with E-state index >= 15 is 0 Å². The van der Waals surface area contributed by atoms with Crippen molar-refractivity contribution in [2.24, 2.45) is 17.8 Å². The van der Waals surface area contributed by atoms with E-state index in [1.807, 2.05) is 30.3 Å². The Bertz CT molecular complexity index is 605. The normalized spacial score (nSPS) is 30.6. The van der Waals surface area contributed by atoms with Crippen molar-refractivity contribution in [2.45, 2.75) is 44.9 Å². The SMILES string of the molecule is CCOC(=O)[C@H]1[C@H]2CC[C@H](C(O)C2)[C@@H]1NC(=O)OCc1ccccc1. The van der Waals surface area contributed by atoms with Crippen molar-refractivity contribution in [3.05, 3.63) is 35.9 Å². The van der Waals surface area contributed by atoms with Crippen LogP contribution in [0.3, 0.4) is 0 Å². The smallest absolute Gasteiger partial charge is 0.407 e. The van der Waals surface area contributed by atoms with Crippen LogP contribution in [0.5, 0.6) is 0 Å². The van der Waals surface area contributed by atoms with Gasteiger partial charge in [0.05, 0.1) is 24.7 Å². The summed E-state index contributed by atoms with van der Waals surface area (Å²) in [5.74, 6) is -0.800. The van der Waals surface area contributed by atoms with Gasteiger partial charge in [0, 0.05) is 5.92 Å². The van der Waals surface area contributed by atoms with E-state index in [0.29, 0.717) is 13.0 Å². The monoisotopic (exact) mass is 347 g/mol. The zero-order valence-electron chi connectivity index (χ0n) is 14.4. The minimum absolute atomic E-state index is 0.0403. The predicted molar refractivity (Wildman–Crippen MR) is 90.5 cm³/mol. The van der Waals surface area contributed by atoms with Gasteiger partial charge in [0.2, 0.25) is 0 Å². The highest BCUT2D eigenvalue weighted by molar-refractivity contribution is 5.76. The summed E-state index contributed by atoms with van der Waals surface area (Å²) in [5, 5.41) is 13.1. The Morgan fingerprint density at radius 1 is 1.20 bits per heavy atom. The van der Waals surface area contributed by atoms with Gasteiger partial charge in [-0.15, -0.1) is 0 Å². The average Bonchev–Trinajstić information content (AvgIpc) is 2.61. The maximum absolute atomic E-state index is 12.4. The Morgan fingerprint density at radius 3 is 2.64 bits per heavy atom. The summed E-state index contributed by atoms with van der Waals surface area (Å²) in [6.45, 7) is 2.24. The third-order valence-electron chi connectivity index (χ3n) is 5.32. The number of aliphatic hydroxyl groups excluding tert-OH is 1. The van der Waals surface area contributed by atoms with Gasteiger partial charge in [-0.1, -0.05) is 30.3 Å². The number of carbonyl (C=O) groups is 2. The summed E-state index contributed by atoms with van der Waals surface area (Å²) in [4.78, 5) is 24.6. The van der Waals surface area contributed by atoms with Crippen LogP contribution in [-0.2, 0) is 20.9 Å². The zero-order chi connectivity index (χ0) is 17.8. The average molecular weight is 347 g/mol. The molecule has 25 heavy (non-hydrogen) atoms. The van der Waals surface area contributed by atoms with Crippen molar-refractivity contribution in [1.82, 2.24) is 5.32 Å². The quantitative estimate of drug-likeness (QED) is 0.798. The lowest BCUT2D eigenvalue weighted by Gasteiger charge is -2.49. The van der Waals surface area contributed by atoms with Gasteiger partial charge < -0.3 is 19.9 Å². The molecule has 3 aliphatic carbocycles. The molecule has 0 spiro atoms. The van der Waals surface area contributed by atoms with Crippen LogP contribution in [-0.4, -0.2) is 35.9 Å². The summed E-state index contributed by atoms with van der Waals surface area (Å²) in [5.41, 5.74) is 0.893. The summed E-state index contributed by atoms with van der Waals surface area (Å²) >= 11 is 0. The van der Waals surface area contributed by atoms with E-state index in [-0.39, 0.29) is 24.4 Å². The van der Waals surface area contributed by atoms with Crippen LogP contribution in [0.2, 0.25) is 0 Å². The van der Waals surface area contributed by atoms with E-state index in [4.69, 9.17) is 9.47 Å². The lowest BCUT2D eigenvalue weighted by atomic mass is 9.60. The highest BCUT2D eigenvalue weighted by Gasteiger charge is 2.52. The molecule has 3 saturated carbocycles. The Kier molecular flexibility index (Phi) is 5.58. The molecule has 136 valence electrons. The first-order valence-corrected chi connectivity index (χ1v) is 8.92. The number of aliphatic hydroxyl groups is 1. The second-order valence-electron chi connectivity index (χ2n) is 6.81. The van der Waals surface area contributed by atoms with Crippen molar-refractivity contribution >= 4 is 12.1 Å². The van der Waals surface area contributed by atoms with Gasteiger partial charge in [-0.3, -0.25) is 4.79 Å². The van der Waals surface area contributed by atoms with Crippen LogP contribution in [0, 0.1) is 17.8 Å². The van der Waals surface area contributed by atoms with Crippen molar-refractivity contribution in [3.63, 3.8) is 0 Å². The molecule has 4 rings (SSSR count). The molecule has 0 heterocycles. The number of amides is 1. The lowest BCUT2D eigenvalue weighted by Crippen LogP contribution is -2.60. The highest BCUT2D eigenvalue weighted by Crippen LogP contribution is 2.45. The Labute approximate surface area is 147 Å². The topological polar surface area (TPSA) is 84.9 Å². The number of esters is 1. The Morgan fingerprint density at radius 2 is 1.96 bits per heavy atom. The van der Waals surface area contributed by atoms with Crippen molar-refractivity contribution < 1.29 is 24.2 Å². The number of alkyl carbamates (subject to hydrolysis) is 1. The fraction of sp³-hybridized carbons (Fsp3) is 0.579. The van der Waals surface area contributed by atoms with Gasteiger partial charge in [0.15, 0.2) is 0 Å². The van der Waals surface area contributed by atoms with Crippen molar-refractivity contribution in [3.8, 4) is 0 Å². The molecule has 0 aromatic heterocycles. The first kappa shape index (κ1) is 17.7. The second-order valence-corrected chi connectivity index (χ2v) is 6.81. The first-order valence-electron chi connectivity index (χ1n) is 8.92. The van der Waals surface area contributed by atoms with Gasteiger partial charge in [-0.25, -0.2) is 4.79 Å². The van der Waals surface area contributed by atoms with Crippen LogP contribution < -0.4 is 5.32 Å². The van der Waals surface area contributed by atoms with Crippen LogP contribution >= 0.6 is 0 Å². The van der Waals surface area contributed by atoms with Crippen LogP contribution in [0.1, 0.15) is 31.7 Å². The molecule has 1 amide bonds. The number of nitrogens with one attached hydrogen (secondary N) is 1. The molecular formula is C19H25NO5. The molecule has 1 aromatic carbocycles. The predicted octanol–water partition coefficient (Wildman–Crippen LogP) is 2.25. The standard InChI is InChI=1S/C19H25NO5/c1-2-24-18(22)16-13-8-9-14(15(21)10-13)17(16)20-19(23)25-11-12-6-4-3-5-7-12/h3-7,13-17,21H,2,8-11H2,1H3,(H,20,23)/t13-,14+,15?,16-,17-/m0/s1. The largest absolute Gasteiger partial charge is 0.466 e. The third kappa shape index (κ3) is 3.95. The second kappa shape index (κ2) is 7.87.